The van der Waals surface area contributed by atoms with Crippen molar-refractivity contribution < 1.29 is 13.9 Å². The smallest absolute Gasteiger partial charge is 0.313 e. The highest BCUT2D eigenvalue weighted by molar-refractivity contribution is 6.00. The van der Waals surface area contributed by atoms with Crippen molar-refractivity contribution in [2.24, 2.45) is 0 Å². The third-order valence-corrected chi connectivity index (χ3v) is 2.99. The predicted molar refractivity (Wildman–Crippen MR) is 80.7 cm³/mol. The minimum atomic E-state index is -0.458. The molecule has 0 aliphatic heterocycles. The summed E-state index contributed by atoms with van der Waals surface area (Å²) in [6.07, 6.45) is 0. The number of hydrogen-bond donors (Lipinski definition) is 1. The minimum absolute atomic E-state index is 0.0883. The molecule has 0 unspecified atom stereocenters. The molecule has 2 aromatic carbocycles. The Hall–Kier alpha value is -3.15. The standard InChI is InChI=1S/C16H13N3O3/c1-21-13-9-7-12(8-10-13)17-14(20)16-19-18-15(22-16)11-5-3-2-4-6-11/h2-10H,1H3,(H,17,20). The van der Waals surface area contributed by atoms with Gasteiger partial charge in [-0.1, -0.05) is 18.2 Å². The van der Waals surface area contributed by atoms with Crippen LogP contribution in [0.1, 0.15) is 10.7 Å². The van der Waals surface area contributed by atoms with Crippen molar-refractivity contribution in [1.29, 1.82) is 0 Å². The summed E-state index contributed by atoms with van der Waals surface area (Å²) in [5.74, 6) is 0.470. The zero-order valence-electron chi connectivity index (χ0n) is 11.8. The van der Waals surface area contributed by atoms with Crippen molar-refractivity contribution in [1.82, 2.24) is 10.2 Å². The lowest BCUT2D eigenvalue weighted by atomic mass is 10.2. The number of carbonyl (C=O) groups excluding carboxylic acids is 1. The zero-order chi connectivity index (χ0) is 15.4. The van der Waals surface area contributed by atoms with Crippen LogP contribution in [0.2, 0.25) is 0 Å². The van der Waals surface area contributed by atoms with E-state index >= 15 is 0 Å². The summed E-state index contributed by atoms with van der Waals surface area (Å²) >= 11 is 0. The molecule has 0 atom stereocenters. The van der Waals surface area contributed by atoms with E-state index in [-0.39, 0.29) is 5.89 Å². The molecule has 0 fully saturated rings. The van der Waals surface area contributed by atoms with E-state index < -0.39 is 5.91 Å². The van der Waals surface area contributed by atoms with E-state index in [4.69, 9.17) is 9.15 Å². The summed E-state index contributed by atoms with van der Waals surface area (Å²) in [5, 5.41) is 10.3. The number of rotatable bonds is 4. The third kappa shape index (κ3) is 2.95. The van der Waals surface area contributed by atoms with Crippen LogP contribution >= 0.6 is 0 Å². The van der Waals surface area contributed by atoms with Gasteiger partial charge in [0.15, 0.2) is 0 Å². The maximum atomic E-state index is 12.1. The van der Waals surface area contributed by atoms with Crippen LogP contribution < -0.4 is 10.1 Å². The molecule has 0 spiro atoms. The lowest BCUT2D eigenvalue weighted by Crippen LogP contribution is -2.12. The van der Waals surface area contributed by atoms with Crippen LogP contribution in [0.3, 0.4) is 0 Å². The van der Waals surface area contributed by atoms with Crippen molar-refractivity contribution in [2.75, 3.05) is 12.4 Å². The van der Waals surface area contributed by atoms with Crippen molar-refractivity contribution in [3.63, 3.8) is 0 Å². The highest BCUT2D eigenvalue weighted by Gasteiger charge is 2.15. The number of amides is 1. The van der Waals surface area contributed by atoms with Crippen molar-refractivity contribution in [3.05, 3.63) is 60.5 Å². The lowest BCUT2D eigenvalue weighted by Gasteiger charge is -2.03. The molecule has 0 aliphatic carbocycles. The molecule has 0 bridgehead atoms. The van der Waals surface area contributed by atoms with Gasteiger partial charge in [-0.15, -0.1) is 10.2 Å². The Balaban J connectivity index is 1.74. The molecular weight excluding hydrogens is 282 g/mol. The number of methoxy groups -OCH3 is 1. The van der Waals surface area contributed by atoms with E-state index in [0.717, 1.165) is 5.56 Å². The average molecular weight is 295 g/mol. The van der Waals surface area contributed by atoms with Crippen LogP contribution in [-0.4, -0.2) is 23.2 Å². The number of ether oxygens (including phenoxy) is 1. The van der Waals surface area contributed by atoms with Gasteiger partial charge >= 0.3 is 11.8 Å². The zero-order valence-corrected chi connectivity index (χ0v) is 11.8. The fraction of sp³-hybridized carbons (Fsp3) is 0.0625. The van der Waals surface area contributed by atoms with E-state index in [1.165, 1.54) is 0 Å². The first-order valence-electron chi connectivity index (χ1n) is 6.60. The molecule has 1 heterocycles. The van der Waals surface area contributed by atoms with E-state index in [1.807, 2.05) is 30.3 Å². The monoisotopic (exact) mass is 295 g/mol. The molecule has 3 aromatic rings. The SMILES string of the molecule is COc1ccc(NC(=O)c2nnc(-c3ccccc3)o2)cc1. The summed E-state index contributed by atoms with van der Waals surface area (Å²) in [6.45, 7) is 0. The van der Waals surface area contributed by atoms with Crippen molar-refractivity contribution >= 4 is 11.6 Å². The quantitative estimate of drug-likeness (QED) is 0.800. The second-order valence-corrected chi connectivity index (χ2v) is 4.46. The van der Waals surface area contributed by atoms with Crippen LogP contribution in [0.5, 0.6) is 5.75 Å². The summed E-state index contributed by atoms with van der Waals surface area (Å²) in [7, 11) is 1.58. The first kappa shape index (κ1) is 13.8. The number of hydrogen-bond acceptors (Lipinski definition) is 5. The molecule has 1 N–H and O–H groups in total. The first-order valence-corrected chi connectivity index (χ1v) is 6.60. The number of nitrogens with one attached hydrogen (secondary N) is 1. The van der Waals surface area contributed by atoms with Gasteiger partial charge in [-0.2, -0.15) is 0 Å². The van der Waals surface area contributed by atoms with Crippen LogP contribution in [0.15, 0.2) is 59.0 Å². The molecule has 1 amide bonds. The number of anilines is 1. The molecule has 1 aromatic heterocycles. The van der Waals surface area contributed by atoms with Gasteiger partial charge in [0, 0.05) is 11.3 Å². The number of nitrogens with zero attached hydrogens (tertiary/aromatic N) is 2. The van der Waals surface area contributed by atoms with E-state index in [9.17, 15) is 4.79 Å². The van der Waals surface area contributed by atoms with E-state index in [0.29, 0.717) is 17.3 Å². The summed E-state index contributed by atoms with van der Waals surface area (Å²) in [6, 6.07) is 16.2. The Kier molecular flexibility index (Phi) is 3.82. The Bertz CT molecular complexity index is 767. The molecule has 6 heteroatoms. The van der Waals surface area contributed by atoms with Gasteiger partial charge in [0.05, 0.1) is 7.11 Å². The van der Waals surface area contributed by atoms with Crippen LogP contribution in [0.4, 0.5) is 5.69 Å². The molecule has 22 heavy (non-hydrogen) atoms. The van der Waals surface area contributed by atoms with Crippen molar-refractivity contribution in [3.8, 4) is 17.2 Å². The van der Waals surface area contributed by atoms with E-state index in [1.54, 1.807) is 31.4 Å². The Morgan fingerprint density at radius 2 is 1.77 bits per heavy atom. The van der Waals surface area contributed by atoms with Crippen LogP contribution in [0, 0.1) is 0 Å². The molecule has 6 nitrogen and oxygen atoms in total. The van der Waals surface area contributed by atoms with Crippen molar-refractivity contribution in [2.45, 2.75) is 0 Å². The fourth-order valence-corrected chi connectivity index (χ4v) is 1.87. The second-order valence-electron chi connectivity index (χ2n) is 4.46. The first-order chi connectivity index (χ1) is 10.8. The third-order valence-electron chi connectivity index (χ3n) is 2.99. The van der Waals surface area contributed by atoms with Gasteiger partial charge in [0.2, 0.25) is 5.89 Å². The van der Waals surface area contributed by atoms with Gasteiger partial charge in [0.25, 0.3) is 0 Å². The predicted octanol–water partition coefficient (Wildman–Crippen LogP) is 3.00. The Morgan fingerprint density at radius 1 is 1.05 bits per heavy atom. The maximum absolute atomic E-state index is 12.1. The molecule has 0 saturated carbocycles. The summed E-state index contributed by atoms with van der Waals surface area (Å²) in [4.78, 5) is 12.1. The normalized spacial score (nSPS) is 10.2. The van der Waals surface area contributed by atoms with Gasteiger partial charge < -0.3 is 14.5 Å². The molecular formula is C16H13N3O3. The summed E-state index contributed by atoms with van der Waals surface area (Å²) < 4.78 is 10.4. The maximum Gasteiger partial charge on any atom is 0.313 e. The van der Waals surface area contributed by atoms with Crippen LogP contribution in [0.25, 0.3) is 11.5 Å². The lowest BCUT2D eigenvalue weighted by molar-refractivity contribution is 0.0991. The highest BCUT2D eigenvalue weighted by atomic mass is 16.5. The van der Waals surface area contributed by atoms with Gasteiger partial charge in [-0.25, -0.2) is 0 Å². The molecule has 3 rings (SSSR count). The second kappa shape index (κ2) is 6.09. The number of aromatic nitrogens is 2. The summed E-state index contributed by atoms with van der Waals surface area (Å²) in [5.41, 5.74) is 1.38. The highest BCUT2D eigenvalue weighted by Crippen LogP contribution is 2.19. The molecule has 110 valence electrons. The topological polar surface area (TPSA) is 77.2 Å². The average Bonchev–Trinajstić information content (AvgIpc) is 3.06. The minimum Gasteiger partial charge on any atom is -0.497 e. The largest absolute Gasteiger partial charge is 0.497 e. The molecule has 0 aliphatic rings. The Labute approximate surface area is 126 Å². The Morgan fingerprint density at radius 3 is 2.45 bits per heavy atom. The fourth-order valence-electron chi connectivity index (χ4n) is 1.87. The molecule has 0 saturated heterocycles. The van der Waals surface area contributed by atoms with Gasteiger partial charge in [-0.3, -0.25) is 4.79 Å². The van der Waals surface area contributed by atoms with Gasteiger partial charge in [0.1, 0.15) is 5.75 Å². The molecule has 0 radical (unpaired) electrons. The van der Waals surface area contributed by atoms with Crippen LogP contribution in [-0.2, 0) is 0 Å². The number of carbonyl (C=O) groups is 1. The van der Waals surface area contributed by atoms with E-state index in [2.05, 4.69) is 15.5 Å². The van der Waals surface area contributed by atoms with Gasteiger partial charge in [-0.05, 0) is 36.4 Å². The number of benzene rings is 2.